The first kappa shape index (κ1) is 22.9. The van der Waals surface area contributed by atoms with Gasteiger partial charge in [-0.05, 0) is 54.3 Å². The zero-order valence-electron chi connectivity index (χ0n) is 17.4. The highest BCUT2D eigenvalue weighted by Gasteiger charge is 2.29. The fraction of sp³-hybridized carbons (Fsp3) is 0.391. The summed E-state index contributed by atoms with van der Waals surface area (Å²) < 4.78 is 0. The first-order valence-electron chi connectivity index (χ1n) is 9.78. The number of hydrogen-bond donors (Lipinski definition) is 3. The maximum atomic E-state index is 12.7. The van der Waals surface area contributed by atoms with Crippen molar-refractivity contribution in [1.29, 1.82) is 0 Å². The molecule has 156 valence electrons. The fourth-order valence-electron chi connectivity index (χ4n) is 3.14. The van der Waals surface area contributed by atoms with E-state index in [9.17, 15) is 9.59 Å². The van der Waals surface area contributed by atoms with Gasteiger partial charge in [0.15, 0.2) is 0 Å². The standard InChI is InChI=1S/C23H29N3O2.ClH/c1-15(17-13-24-14-17)21(27)25-19-7-5-6-8-20(19)26-22(28)16-9-11-18(12-10-16)23(2,3)4;/h5-12,15,17,24H,13-14H2,1-4H3,(H,25,27)(H,26,28);1H. The van der Waals surface area contributed by atoms with E-state index in [1.54, 1.807) is 6.07 Å². The molecule has 0 spiro atoms. The second-order valence-electron chi connectivity index (χ2n) is 8.52. The largest absolute Gasteiger partial charge is 0.324 e. The molecule has 2 aromatic rings. The number of hydrogen-bond acceptors (Lipinski definition) is 3. The van der Waals surface area contributed by atoms with Crippen molar-refractivity contribution in [3.8, 4) is 0 Å². The maximum Gasteiger partial charge on any atom is 0.255 e. The van der Waals surface area contributed by atoms with Gasteiger partial charge in [0.25, 0.3) is 5.91 Å². The quantitative estimate of drug-likeness (QED) is 0.675. The monoisotopic (exact) mass is 415 g/mol. The summed E-state index contributed by atoms with van der Waals surface area (Å²) in [6.07, 6.45) is 0. The van der Waals surface area contributed by atoms with Crippen LogP contribution in [-0.2, 0) is 10.2 Å². The molecule has 2 aromatic carbocycles. The van der Waals surface area contributed by atoms with Gasteiger partial charge in [0.1, 0.15) is 0 Å². The molecule has 1 saturated heterocycles. The Balaban J connectivity index is 0.00000300. The van der Waals surface area contributed by atoms with Gasteiger partial charge in [-0.3, -0.25) is 9.59 Å². The molecule has 0 aromatic heterocycles. The summed E-state index contributed by atoms with van der Waals surface area (Å²) in [5.41, 5.74) is 3.02. The average Bonchev–Trinajstić information content (AvgIpc) is 2.61. The van der Waals surface area contributed by atoms with Crippen LogP contribution < -0.4 is 16.0 Å². The van der Waals surface area contributed by atoms with E-state index >= 15 is 0 Å². The van der Waals surface area contributed by atoms with Crippen molar-refractivity contribution in [2.75, 3.05) is 23.7 Å². The molecule has 1 aliphatic heterocycles. The zero-order valence-corrected chi connectivity index (χ0v) is 18.2. The minimum atomic E-state index is -0.196. The highest BCUT2D eigenvalue weighted by atomic mass is 35.5. The molecule has 0 radical (unpaired) electrons. The molecular formula is C23H30ClN3O2. The van der Waals surface area contributed by atoms with Crippen LogP contribution >= 0.6 is 12.4 Å². The number of nitrogens with one attached hydrogen (secondary N) is 3. The van der Waals surface area contributed by atoms with Gasteiger partial charge in [0.05, 0.1) is 11.4 Å². The molecule has 1 unspecified atom stereocenters. The molecule has 1 fully saturated rings. The van der Waals surface area contributed by atoms with E-state index in [2.05, 4.69) is 36.7 Å². The van der Waals surface area contributed by atoms with Crippen molar-refractivity contribution < 1.29 is 9.59 Å². The molecule has 5 nitrogen and oxygen atoms in total. The van der Waals surface area contributed by atoms with E-state index in [1.807, 2.05) is 49.4 Å². The summed E-state index contributed by atoms with van der Waals surface area (Å²) in [7, 11) is 0. The van der Waals surface area contributed by atoms with Crippen molar-refractivity contribution in [2.24, 2.45) is 11.8 Å². The lowest BCUT2D eigenvalue weighted by Crippen LogP contribution is -2.48. The Morgan fingerprint density at radius 2 is 1.52 bits per heavy atom. The lowest BCUT2D eigenvalue weighted by Gasteiger charge is -2.31. The van der Waals surface area contributed by atoms with Crippen LogP contribution in [0.5, 0.6) is 0 Å². The summed E-state index contributed by atoms with van der Waals surface area (Å²) in [5.74, 6) is 0.0687. The zero-order chi connectivity index (χ0) is 20.3. The normalized spacial score (nSPS) is 14.9. The number of rotatable bonds is 5. The Hall–Kier alpha value is -2.37. The SMILES string of the molecule is CC(C(=O)Nc1ccccc1NC(=O)c1ccc(C(C)(C)C)cc1)C1CNC1.Cl. The third-order valence-corrected chi connectivity index (χ3v) is 5.38. The number of anilines is 2. The number of carbonyl (C=O) groups excluding carboxylic acids is 2. The average molecular weight is 416 g/mol. The van der Waals surface area contributed by atoms with Crippen molar-refractivity contribution in [3.05, 3.63) is 59.7 Å². The molecule has 3 rings (SSSR count). The lowest BCUT2D eigenvalue weighted by atomic mass is 9.87. The number of amides is 2. The van der Waals surface area contributed by atoms with Gasteiger partial charge in [0, 0.05) is 11.5 Å². The van der Waals surface area contributed by atoms with Gasteiger partial charge in [0.2, 0.25) is 5.91 Å². The Morgan fingerprint density at radius 3 is 2.00 bits per heavy atom. The number of para-hydroxylation sites is 2. The van der Waals surface area contributed by atoms with Crippen molar-refractivity contribution in [3.63, 3.8) is 0 Å². The van der Waals surface area contributed by atoms with Crippen LogP contribution in [0.3, 0.4) is 0 Å². The van der Waals surface area contributed by atoms with E-state index in [0.717, 1.165) is 13.1 Å². The molecule has 0 bridgehead atoms. The second-order valence-corrected chi connectivity index (χ2v) is 8.52. The van der Waals surface area contributed by atoms with Crippen LogP contribution in [0.1, 0.15) is 43.6 Å². The minimum Gasteiger partial charge on any atom is -0.324 e. The van der Waals surface area contributed by atoms with Gasteiger partial charge in [-0.15, -0.1) is 12.4 Å². The van der Waals surface area contributed by atoms with Crippen LogP contribution in [0, 0.1) is 11.8 Å². The minimum absolute atomic E-state index is 0. The van der Waals surface area contributed by atoms with Crippen LogP contribution in [0.4, 0.5) is 11.4 Å². The van der Waals surface area contributed by atoms with E-state index in [1.165, 1.54) is 5.56 Å². The first-order chi connectivity index (χ1) is 13.3. The predicted molar refractivity (Wildman–Crippen MR) is 121 cm³/mol. The smallest absolute Gasteiger partial charge is 0.255 e. The third-order valence-electron chi connectivity index (χ3n) is 5.38. The number of benzene rings is 2. The van der Waals surface area contributed by atoms with Gasteiger partial charge in [-0.1, -0.05) is 52.0 Å². The van der Waals surface area contributed by atoms with Crippen LogP contribution in [0.2, 0.25) is 0 Å². The van der Waals surface area contributed by atoms with E-state index in [4.69, 9.17) is 0 Å². The lowest BCUT2D eigenvalue weighted by molar-refractivity contribution is -0.121. The van der Waals surface area contributed by atoms with Crippen molar-refractivity contribution >= 4 is 35.6 Å². The second kappa shape index (κ2) is 9.42. The summed E-state index contributed by atoms with van der Waals surface area (Å²) in [4.78, 5) is 25.2. The van der Waals surface area contributed by atoms with Gasteiger partial charge >= 0.3 is 0 Å². The van der Waals surface area contributed by atoms with Crippen molar-refractivity contribution in [1.82, 2.24) is 5.32 Å². The Labute approximate surface area is 179 Å². The summed E-state index contributed by atoms with van der Waals surface area (Å²) in [6.45, 7) is 10.1. The molecule has 0 saturated carbocycles. The Kier molecular flexibility index (Phi) is 7.44. The topological polar surface area (TPSA) is 70.2 Å². The molecular weight excluding hydrogens is 386 g/mol. The van der Waals surface area contributed by atoms with Crippen LogP contribution in [0.25, 0.3) is 0 Å². The molecule has 2 amide bonds. The molecule has 6 heteroatoms. The fourth-order valence-corrected chi connectivity index (χ4v) is 3.14. The number of carbonyl (C=O) groups is 2. The highest BCUT2D eigenvalue weighted by Crippen LogP contribution is 2.26. The highest BCUT2D eigenvalue weighted by molar-refractivity contribution is 6.07. The van der Waals surface area contributed by atoms with E-state index in [0.29, 0.717) is 22.9 Å². The summed E-state index contributed by atoms with van der Waals surface area (Å²) >= 11 is 0. The van der Waals surface area contributed by atoms with Crippen molar-refractivity contribution in [2.45, 2.75) is 33.1 Å². The molecule has 1 aliphatic rings. The van der Waals surface area contributed by atoms with E-state index in [-0.39, 0.29) is 35.6 Å². The van der Waals surface area contributed by atoms with Gasteiger partial charge < -0.3 is 16.0 Å². The molecule has 1 atom stereocenters. The Bertz CT molecular complexity index is 855. The van der Waals surface area contributed by atoms with E-state index < -0.39 is 0 Å². The Morgan fingerprint density at radius 1 is 0.966 bits per heavy atom. The molecule has 1 heterocycles. The third kappa shape index (κ3) is 5.58. The summed E-state index contributed by atoms with van der Waals surface area (Å²) in [6, 6.07) is 14.9. The van der Waals surface area contributed by atoms with Gasteiger partial charge in [-0.25, -0.2) is 0 Å². The molecule has 0 aliphatic carbocycles. The van der Waals surface area contributed by atoms with Gasteiger partial charge in [-0.2, -0.15) is 0 Å². The first-order valence-corrected chi connectivity index (χ1v) is 9.78. The van der Waals surface area contributed by atoms with Crippen LogP contribution in [0.15, 0.2) is 48.5 Å². The molecule has 3 N–H and O–H groups in total. The van der Waals surface area contributed by atoms with Crippen LogP contribution in [-0.4, -0.2) is 24.9 Å². The predicted octanol–water partition coefficient (Wildman–Crippen LogP) is 4.45. The molecule has 29 heavy (non-hydrogen) atoms. The number of halogens is 1. The summed E-state index contributed by atoms with van der Waals surface area (Å²) in [5, 5.41) is 9.08. The maximum absolute atomic E-state index is 12.7.